The van der Waals surface area contributed by atoms with Crippen LogP contribution in [0.4, 0.5) is 0 Å². The maximum atomic E-state index is 13.2. The van der Waals surface area contributed by atoms with E-state index >= 15 is 0 Å². The molecule has 0 aromatic heterocycles. The summed E-state index contributed by atoms with van der Waals surface area (Å²) in [5.41, 5.74) is 0. The van der Waals surface area contributed by atoms with Gasteiger partial charge in [0.2, 0.25) is 5.91 Å². The number of amides is 1. The van der Waals surface area contributed by atoms with Crippen LogP contribution in [0.3, 0.4) is 0 Å². The molecule has 3 N–H and O–H groups in total. The van der Waals surface area contributed by atoms with E-state index < -0.39 is 18.2 Å². The first-order valence-electron chi connectivity index (χ1n) is 28.4. The Morgan fingerprint density at radius 1 is 0.446 bits per heavy atom. The van der Waals surface area contributed by atoms with Crippen LogP contribution < -0.4 is 5.32 Å². The second-order valence-corrected chi connectivity index (χ2v) is 19.4. The summed E-state index contributed by atoms with van der Waals surface area (Å²) in [6.07, 6.45) is 64.5. The van der Waals surface area contributed by atoms with Crippen molar-refractivity contribution < 1.29 is 24.5 Å². The minimum atomic E-state index is -0.790. The molecule has 6 nitrogen and oxygen atoms in total. The third kappa shape index (κ3) is 48.1. The predicted molar refractivity (Wildman–Crippen MR) is 282 cm³/mol. The van der Waals surface area contributed by atoms with E-state index in [2.05, 4.69) is 74.7 Å². The second kappa shape index (κ2) is 52.8. The van der Waals surface area contributed by atoms with Crippen molar-refractivity contribution in [3.63, 3.8) is 0 Å². The molecule has 380 valence electrons. The van der Waals surface area contributed by atoms with Crippen LogP contribution in [0, 0.1) is 0 Å². The molecule has 0 saturated heterocycles. The fourth-order valence-corrected chi connectivity index (χ4v) is 8.68. The molecule has 0 aliphatic rings. The lowest BCUT2D eigenvalue weighted by atomic mass is 10.0. The van der Waals surface area contributed by atoms with Gasteiger partial charge in [0.15, 0.2) is 0 Å². The summed E-state index contributed by atoms with van der Waals surface area (Å²) in [6, 6.07) is -0.705. The van der Waals surface area contributed by atoms with Crippen molar-refractivity contribution in [1.29, 1.82) is 0 Å². The SMILES string of the molecule is CCCCC/C=C/C=C/C=C/C=C/CCCCCCCC(=O)OC(CCCCCCCCCCCCCCCCCCC)CC(=O)NC(CO)C(O)CCCCCCCCCCCCC. The molecule has 0 heterocycles. The second-order valence-electron chi connectivity index (χ2n) is 19.4. The number of hydrogen-bond acceptors (Lipinski definition) is 5. The summed E-state index contributed by atoms with van der Waals surface area (Å²) < 4.78 is 5.95. The Morgan fingerprint density at radius 3 is 1.22 bits per heavy atom. The first-order chi connectivity index (χ1) is 32.0. The highest BCUT2D eigenvalue weighted by atomic mass is 16.5. The Morgan fingerprint density at radius 2 is 0.785 bits per heavy atom. The first kappa shape index (κ1) is 62.8. The normalized spacial score (nSPS) is 13.5. The predicted octanol–water partition coefficient (Wildman–Crippen LogP) is 17.4. The van der Waals surface area contributed by atoms with Gasteiger partial charge >= 0.3 is 5.97 Å². The van der Waals surface area contributed by atoms with E-state index in [4.69, 9.17) is 4.74 Å². The first-order valence-corrected chi connectivity index (χ1v) is 28.4. The highest BCUT2D eigenvalue weighted by Gasteiger charge is 2.24. The Balaban J connectivity index is 4.59. The van der Waals surface area contributed by atoms with Gasteiger partial charge in [0.05, 0.1) is 25.2 Å². The van der Waals surface area contributed by atoms with E-state index in [0.717, 1.165) is 77.0 Å². The van der Waals surface area contributed by atoms with Crippen LogP contribution in [0.15, 0.2) is 48.6 Å². The largest absolute Gasteiger partial charge is 0.462 e. The molecule has 0 aromatic rings. The monoisotopic (exact) mass is 912 g/mol. The average molecular weight is 913 g/mol. The maximum Gasteiger partial charge on any atom is 0.306 e. The van der Waals surface area contributed by atoms with Crippen LogP contribution in [0.25, 0.3) is 0 Å². The van der Waals surface area contributed by atoms with Gasteiger partial charge in [0, 0.05) is 6.42 Å². The molecule has 0 fully saturated rings. The van der Waals surface area contributed by atoms with Crippen molar-refractivity contribution in [2.45, 2.75) is 309 Å². The molecule has 0 bridgehead atoms. The molecule has 3 unspecified atom stereocenters. The molecular formula is C59H109NO5. The Bertz CT molecular complexity index is 1110. The lowest BCUT2D eigenvalue weighted by molar-refractivity contribution is -0.151. The summed E-state index contributed by atoms with van der Waals surface area (Å²) in [5, 5.41) is 23.8. The van der Waals surface area contributed by atoms with Gasteiger partial charge in [-0.1, -0.05) is 275 Å². The van der Waals surface area contributed by atoms with Gasteiger partial charge < -0.3 is 20.3 Å². The molecule has 0 saturated carbocycles. The van der Waals surface area contributed by atoms with Gasteiger partial charge in [-0.2, -0.15) is 0 Å². The number of unbranched alkanes of at least 4 members (excludes halogenated alkanes) is 34. The zero-order valence-corrected chi connectivity index (χ0v) is 43.4. The third-order valence-electron chi connectivity index (χ3n) is 13.0. The molecule has 0 aliphatic carbocycles. The van der Waals surface area contributed by atoms with Crippen LogP contribution in [-0.4, -0.2) is 46.9 Å². The summed E-state index contributed by atoms with van der Waals surface area (Å²) >= 11 is 0. The van der Waals surface area contributed by atoms with E-state index in [1.807, 2.05) is 0 Å². The average Bonchev–Trinajstić information content (AvgIpc) is 3.30. The molecule has 65 heavy (non-hydrogen) atoms. The van der Waals surface area contributed by atoms with Crippen molar-refractivity contribution in [1.82, 2.24) is 5.32 Å². The third-order valence-corrected chi connectivity index (χ3v) is 13.0. The number of aliphatic hydroxyl groups is 2. The van der Waals surface area contributed by atoms with E-state index in [0.29, 0.717) is 19.3 Å². The molecular weight excluding hydrogens is 803 g/mol. The molecule has 0 rings (SSSR count). The zero-order valence-electron chi connectivity index (χ0n) is 43.4. The van der Waals surface area contributed by atoms with Crippen LogP contribution >= 0.6 is 0 Å². The van der Waals surface area contributed by atoms with E-state index in [9.17, 15) is 19.8 Å². The molecule has 0 aromatic carbocycles. The Kier molecular flexibility index (Phi) is 51.0. The lowest BCUT2D eigenvalue weighted by Crippen LogP contribution is -2.46. The number of allylic oxidation sites excluding steroid dienone is 8. The van der Waals surface area contributed by atoms with Gasteiger partial charge in [-0.25, -0.2) is 0 Å². The van der Waals surface area contributed by atoms with Crippen molar-refractivity contribution in [3.05, 3.63) is 48.6 Å². The molecule has 6 heteroatoms. The molecule has 3 atom stereocenters. The van der Waals surface area contributed by atoms with Crippen molar-refractivity contribution in [2.24, 2.45) is 0 Å². The topological polar surface area (TPSA) is 95.9 Å². The summed E-state index contributed by atoms with van der Waals surface area (Å²) in [4.78, 5) is 26.2. The van der Waals surface area contributed by atoms with Crippen molar-refractivity contribution in [3.8, 4) is 0 Å². The number of ether oxygens (including phenoxy) is 1. The van der Waals surface area contributed by atoms with Crippen LogP contribution in [-0.2, 0) is 14.3 Å². The number of hydrogen-bond donors (Lipinski definition) is 3. The highest BCUT2D eigenvalue weighted by Crippen LogP contribution is 2.19. The van der Waals surface area contributed by atoms with E-state index in [1.54, 1.807) is 0 Å². The Labute approximate surface area is 404 Å². The van der Waals surface area contributed by atoms with Crippen molar-refractivity contribution in [2.75, 3.05) is 6.61 Å². The van der Waals surface area contributed by atoms with Crippen LogP contribution in [0.2, 0.25) is 0 Å². The van der Waals surface area contributed by atoms with Crippen molar-refractivity contribution >= 4 is 11.9 Å². The van der Waals surface area contributed by atoms with Gasteiger partial charge in [-0.3, -0.25) is 9.59 Å². The molecule has 0 spiro atoms. The quantitative estimate of drug-likeness (QED) is 0.0321. The minimum Gasteiger partial charge on any atom is -0.462 e. The number of nitrogens with one attached hydrogen (secondary N) is 1. The molecule has 0 aliphatic heterocycles. The number of rotatable bonds is 51. The van der Waals surface area contributed by atoms with Gasteiger partial charge in [-0.15, -0.1) is 0 Å². The number of aliphatic hydroxyl groups excluding tert-OH is 2. The summed E-state index contributed by atoms with van der Waals surface area (Å²) in [6.45, 7) is 6.46. The smallest absolute Gasteiger partial charge is 0.306 e. The van der Waals surface area contributed by atoms with Gasteiger partial charge in [-0.05, 0) is 51.4 Å². The van der Waals surface area contributed by atoms with Gasteiger partial charge in [0.1, 0.15) is 6.10 Å². The Hall–Kier alpha value is -2.18. The molecule has 0 radical (unpaired) electrons. The highest BCUT2D eigenvalue weighted by molar-refractivity contribution is 5.77. The number of carbonyl (C=O) groups is 2. The zero-order chi connectivity index (χ0) is 47.4. The van der Waals surface area contributed by atoms with E-state index in [-0.39, 0.29) is 24.9 Å². The minimum absolute atomic E-state index is 0.0709. The summed E-state index contributed by atoms with van der Waals surface area (Å²) in [7, 11) is 0. The van der Waals surface area contributed by atoms with Crippen LogP contribution in [0.5, 0.6) is 0 Å². The lowest BCUT2D eigenvalue weighted by Gasteiger charge is -2.24. The molecule has 1 amide bonds. The number of esters is 1. The fourth-order valence-electron chi connectivity index (χ4n) is 8.68. The van der Waals surface area contributed by atoms with E-state index in [1.165, 1.54) is 167 Å². The fraction of sp³-hybridized carbons (Fsp3) is 0.831. The standard InChI is InChI=1S/C59H109NO5/c1-4-7-10-13-16-19-22-24-26-28-30-32-34-37-40-43-46-49-52-59(64)65-55(50-47-44-41-38-36-33-31-29-27-25-23-20-17-14-11-8-5-2)53-58(63)60-56(54-61)57(62)51-48-45-42-39-35-21-18-15-12-9-6-3/h16,19,22,24,26,28,30,32,55-57,61-62H,4-15,17-18,20-21,23,25,27,29,31,33-54H2,1-3H3,(H,60,63)/b19-16+,24-22+,28-26+,32-30+. The van der Waals surface area contributed by atoms with Crippen LogP contribution in [0.1, 0.15) is 290 Å². The summed E-state index contributed by atoms with van der Waals surface area (Å²) in [5.74, 6) is -0.487. The maximum absolute atomic E-state index is 13.2. The van der Waals surface area contributed by atoms with Gasteiger partial charge in [0.25, 0.3) is 0 Å². The number of carbonyl (C=O) groups excluding carboxylic acids is 2.